The number of aromatic amines is 1. The van der Waals surface area contributed by atoms with Gasteiger partial charge in [0.15, 0.2) is 0 Å². The van der Waals surface area contributed by atoms with E-state index in [-0.39, 0.29) is 11.5 Å². The molecule has 1 aliphatic rings. The Balaban J connectivity index is 1.95. The highest BCUT2D eigenvalue weighted by atomic mass is 79.9. The molecule has 0 aliphatic carbocycles. The van der Waals surface area contributed by atoms with Gasteiger partial charge in [0, 0.05) is 44.1 Å². The number of amides is 1. The molecule has 98 valence electrons. The molecule has 18 heavy (non-hydrogen) atoms. The van der Waals surface area contributed by atoms with Gasteiger partial charge in [-0.1, -0.05) is 15.9 Å². The summed E-state index contributed by atoms with van der Waals surface area (Å²) < 4.78 is 0. The lowest BCUT2D eigenvalue weighted by atomic mass is 10.2. The molecule has 1 aliphatic heterocycles. The van der Waals surface area contributed by atoms with E-state index in [9.17, 15) is 9.59 Å². The molecule has 1 aromatic heterocycles. The molecule has 0 spiro atoms. The molecule has 6 nitrogen and oxygen atoms in total. The van der Waals surface area contributed by atoms with Crippen LogP contribution in [-0.2, 0) is 0 Å². The van der Waals surface area contributed by atoms with Crippen LogP contribution < -0.4 is 5.56 Å². The van der Waals surface area contributed by atoms with Crippen LogP contribution in [0, 0.1) is 0 Å². The van der Waals surface area contributed by atoms with Gasteiger partial charge in [-0.25, -0.2) is 5.10 Å². The highest BCUT2D eigenvalue weighted by molar-refractivity contribution is 9.09. The third-order valence-corrected chi connectivity index (χ3v) is 3.31. The summed E-state index contributed by atoms with van der Waals surface area (Å²) in [5.41, 5.74) is -0.00256. The van der Waals surface area contributed by atoms with Crippen molar-refractivity contribution in [1.29, 1.82) is 0 Å². The number of aromatic nitrogens is 2. The van der Waals surface area contributed by atoms with Crippen LogP contribution in [0.25, 0.3) is 0 Å². The van der Waals surface area contributed by atoms with Gasteiger partial charge in [-0.05, 0) is 6.07 Å². The number of H-pyrrole nitrogens is 1. The average molecular weight is 315 g/mol. The number of halogens is 1. The number of alkyl halides is 1. The highest BCUT2D eigenvalue weighted by Crippen LogP contribution is 2.06. The Morgan fingerprint density at radius 3 is 2.61 bits per heavy atom. The first-order chi connectivity index (χ1) is 8.70. The molecule has 0 atom stereocenters. The summed E-state index contributed by atoms with van der Waals surface area (Å²) in [5, 5.41) is 6.99. The molecular formula is C11H15BrN4O2. The minimum atomic E-state index is -0.298. The summed E-state index contributed by atoms with van der Waals surface area (Å²) in [6, 6.07) is 2.79. The first-order valence-corrected chi connectivity index (χ1v) is 6.96. The molecule has 1 amide bonds. The van der Waals surface area contributed by atoms with Crippen LogP contribution in [0.1, 0.15) is 10.5 Å². The first kappa shape index (κ1) is 13.2. The molecule has 7 heteroatoms. The molecule has 1 N–H and O–H groups in total. The van der Waals surface area contributed by atoms with Crippen LogP contribution in [0.3, 0.4) is 0 Å². The standard InChI is InChI=1S/C11H15BrN4O2/c12-3-4-15-5-7-16(8-6-15)11(18)9-1-2-10(17)14-13-9/h1-2H,3-8H2,(H,14,17). The second kappa shape index (κ2) is 6.10. The number of carbonyl (C=O) groups is 1. The van der Waals surface area contributed by atoms with Crippen molar-refractivity contribution in [3.05, 3.63) is 28.2 Å². The van der Waals surface area contributed by atoms with Crippen LogP contribution in [-0.4, -0.2) is 64.0 Å². The van der Waals surface area contributed by atoms with Crippen LogP contribution >= 0.6 is 15.9 Å². The lowest BCUT2D eigenvalue weighted by Crippen LogP contribution is -2.49. The Morgan fingerprint density at radius 2 is 2.06 bits per heavy atom. The van der Waals surface area contributed by atoms with E-state index in [4.69, 9.17) is 0 Å². The van der Waals surface area contributed by atoms with E-state index in [0.29, 0.717) is 18.8 Å². The SMILES string of the molecule is O=C(c1ccc(=O)[nH]n1)N1CCN(CCBr)CC1. The van der Waals surface area contributed by atoms with Gasteiger partial charge in [0.2, 0.25) is 0 Å². The molecule has 0 unspecified atom stereocenters. The van der Waals surface area contributed by atoms with Gasteiger partial charge >= 0.3 is 0 Å². The van der Waals surface area contributed by atoms with Crippen LogP contribution in [0.5, 0.6) is 0 Å². The number of carbonyl (C=O) groups excluding carboxylic acids is 1. The van der Waals surface area contributed by atoms with Crippen molar-refractivity contribution in [2.75, 3.05) is 38.1 Å². The Labute approximate surface area is 113 Å². The molecule has 1 saturated heterocycles. The Bertz CT molecular complexity index is 448. The van der Waals surface area contributed by atoms with Crippen molar-refractivity contribution in [3.8, 4) is 0 Å². The zero-order chi connectivity index (χ0) is 13.0. The van der Waals surface area contributed by atoms with Gasteiger partial charge < -0.3 is 4.90 Å². The van der Waals surface area contributed by atoms with E-state index in [2.05, 4.69) is 31.0 Å². The van der Waals surface area contributed by atoms with Crippen LogP contribution in [0.2, 0.25) is 0 Å². The minimum Gasteiger partial charge on any atom is -0.335 e. The monoisotopic (exact) mass is 314 g/mol. The number of piperazine rings is 1. The van der Waals surface area contributed by atoms with Crippen molar-refractivity contribution < 1.29 is 4.79 Å². The maximum atomic E-state index is 12.1. The number of rotatable bonds is 3. The van der Waals surface area contributed by atoms with Gasteiger partial charge in [0.25, 0.3) is 11.5 Å². The summed E-state index contributed by atoms with van der Waals surface area (Å²) in [5.74, 6) is -0.121. The molecule has 0 radical (unpaired) electrons. The minimum absolute atomic E-state index is 0.121. The van der Waals surface area contributed by atoms with E-state index in [1.807, 2.05) is 0 Å². The molecule has 0 bridgehead atoms. The van der Waals surface area contributed by atoms with Crippen molar-refractivity contribution in [2.45, 2.75) is 0 Å². The number of hydrogen-bond acceptors (Lipinski definition) is 4. The van der Waals surface area contributed by atoms with Gasteiger partial charge in [-0.3, -0.25) is 14.5 Å². The van der Waals surface area contributed by atoms with E-state index >= 15 is 0 Å². The second-order valence-corrected chi connectivity index (χ2v) is 4.92. The second-order valence-electron chi connectivity index (χ2n) is 4.13. The normalized spacial score (nSPS) is 16.8. The Kier molecular flexibility index (Phi) is 4.48. The predicted molar refractivity (Wildman–Crippen MR) is 71.0 cm³/mol. The molecule has 1 fully saturated rings. The average Bonchev–Trinajstić information content (AvgIpc) is 2.40. The fourth-order valence-corrected chi connectivity index (χ4v) is 2.42. The molecular weight excluding hydrogens is 300 g/mol. The maximum absolute atomic E-state index is 12.1. The Morgan fingerprint density at radius 1 is 1.33 bits per heavy atom. The number of nitrogens with zero attached hydrogens (tertiary/aromatic N) is 3. The quantitative estimate of drug-likeness (QED) is 0.793. The van der Waals surface area contributed by atoms with Crippen molar-refractivity contribution in [2.24, 2.45) is 0 Å². The largest absolute Gasteiger partial charge is 0.335 e. The number of nitrogens with one attached hydrogen (secondary N) is 1. The topological polar surface area (TPSA) is 69.3 Å². The lowest BCUT2D eigenvalue weighted by molar-refractivity contribution is 0.0638. The van der Waals surface area contributed by atoms with Gasteiger partial charge in [-0.2, -0.15) is 5.10 Å². The smallest absolute Gasteiger partial charge is 0.274 e. The molecule has 1 aromatic rings. The zero-order valence-corrected chi connectivity index (χ0v) is 11.5. The third-order valence-electron chi connectivity index (χ3n) is 2.96. The molecule has 0 saturated carbocycles. The van der Waals surface area contributed by atoms with E-state index in [0.717, 1.165) is 25.0 Å². The fraction of sp³-hybridized carbons (Fsp3) is 0.545. The molecule has 2 heterocycles. The summed E-state index contributed by atoms with van der Waals surface area (Å²) in [4.78, 5) is 27.0. The highest BCUT2D eigenvalue weighted by Gasteiger charge is 2.22. The van der Waals surface area contributed by atoms with Crippen molar-refractivity contribution >= 4 is 21.8 Å². The summed E-state index contributed by atoms with van der Waals surface area (Å²) in [7, 11) is 0. The predicted octanol–water partition coefficient (Wildman–Crippen LogP) is -0.0774. The number of hydrogen-bond donors (Lipinski definition) is 1. The van der Waals surface area contributed by atoms with E-state index < -0.39 is 0 Å². The van der Waals surface area contributed by atoms with E-state index in [1.54, 1.807) is 4.90 Å². The maximum Gasteiger partial charge on any atom is 0.274 e. The van der Waals surface area contributed by atoms with Gasteiger partial charge in [0.05, 0.1) is 0 Å². The zero-order valence-electron chi connectivity index (χ0n) is 9.93. The van der Waals surface area contributed by atoms with Crippen LogP contribution in [0.15, 0.2) is 16.9 Å². The molecule has 2 rings (SSSR count). The summed E-state index contributed by atoms with van der Waals surface area (Å²) in [6.07, 6.45) is 0. The van der Waals surface area contributed by atoms with Crippen molar-refractivity contribution in [1.82, 2.24) is 20.0 Å². The lowest BCUT2D eigenvalue weighted by Gasteiger charge is -2.34. The van der Waals surface area contributed by atoms with Crippen molar-refractivity contribution in [3.63, 3.8) is 0 Å². The van der Waals surface area contributed by atoms with Crippen LogP contribution in [0.4, 0.5) is 0 Å². The van der Waals surface area contributed by atoms with Gasteiger partial charge in [0.1, 0.15) is 5.69 Å². The summed E-state index contributed by atoms with van der Waals surface area (Å²) in [6.45, 7) is 4.15. The van der Waals surface area contributed by atoms with E-state index in [1.165, 1.54) is 12.1 Å². The first-order valence-electron chi connectivity index (χ1n) is 5.84. The third kappa shape index (κ3) is 3.17. The molecule has 0 aromatic carbocycles. The fourth-order valence-electron chi connectivity index (χ4n) is 1.92. The van der Waals surface area contributed by atoms with Gasteiger partial charge in [-0.15, -0.1) is 0 Å². The Hall–Kier alpha value is -1.21. The summed E-state index contributed by atoms with van der Waals surface area (Å²) >= 11 is 3.41.